The van der Waals surface area contributed by atoms with E-state index in [9.17, 15) is 4.79 Å². The van der Waals surface area contributed by atoms with Crippen molar-refractivity contribution in [2.45, 2.75) is 50.1 Å². The molecule has 0 aromatic carbocycles. The van der Waals surface area contributed by atoms with E-state index in [1.54, 1.807) is 16.4 Å². The lowest BCUT2D eigenvalue weighted by Gasteiger charge is -2.29. The summed E-state index contributed by atoms with van der Waals surface area (Å²) in [6, 6.07) is 0.239. The molecule has 5 nitrogen and oxygen atoms in total. The van der Waals surface area contributed by atoms with Gasteiger partial charge in [-0.05, 0) is 39.4 Å². The zero-order chi connectivity index (χ0) is 14.5. The van der Waals surface area contributed by atoms with Gasteiger partial charge in [0.05, 0.1) is 11.7 Å². The quantitative estimate of drug-likeness (QED) is 0.561. The number of carbonyl (C=O) groups is 1. The Hall–Kier alpha value is -1.01. The van der Waals surface area contributed by atoms with Crippen LogP contribution in [-0.2, 0) is 11.8 Å². The molecule has 1 unspecified atom stereocenters. The third kappa shape index (κ3) is 5.24. The topological polar surface area (TPSA) is 72.9 Å². The molecule has 0 saturated heterocycles. The number of nitrogens with one attached hydrogen (secondary N) is 1. The van der Waals surface area contributed by atoms with E-state index in [0.29, 0.717) is 0 Å². The molecule has 1 aromatic rings. The van der Waals surface area contributed by atoms with E-state index in [-0.39, 0.29) is 11.9 Å². The Bertz CT molecular complexity index is 419. The highest BCUT2D eigenvalue weighted by Crippen LogP contribution is 2.21. The first-order valence-electron chi connectivity index (χ1n) is 6.52. The Morgan fingerprint density at radius 2 is 2.32 bits per heavy atom. The van der Waals surface area contributed by atoms with E-state index in [0.717, 1.165) is 23.5 Å². The molecule has 6 heteroatoms. The lowest BCUT2D eigenvalue weighted by atomic mass is 9.94. The summed E-state index contributed by atoms with van der Waals surface area (Å²) in [5.41, 5.74) is 4.87. The lowest BCUT2D eigenvalue weighted by molar-refractivity contribution is -0.124. The molecule has 0 aliphatic carbocycles. The second-order valence-corrected chi connectivity index (χ2v) is 6.47. The molecule has 0 fully saturated rings. The van der Waals surface area contributed by atoms with Gasteiger partial charge < -0.3 is 11.1 Å². The van der Waals surface area contributed by atoms with Crippen molar-refractivity contribution >= 4 is 17.7 Å². The summed E-state index contributed by atoms with van der Waals surface area (Å²) in [6.07, 6.45) is 5.52. The monoisotopic (exact) mass is 284 g/mol. The number of nitrogens with zero attached hydrogens (tertiary/aromatic N) is 2. The molecule has 3 N–H and O–H groups in total. The van der Waals surface area contributed by atoms with Crippen LogP contribution in [0.4, 0.5) is 0 Å². The highest BCUT2D eigenvalue weighted by Gasteiger charge is 2.30. The van der Waals surface area contributed by atoms with E-state index >= 15 is 0 Å². The fourth-order valence-electron chi connectivity index (χ4n) is 1.99. The maximum absolute atomic E-state index is 11.6. The molecule has 0 aliphatic rings. The van der Waals surface area contributed by atoms with Crippen LogP contribution in [0, 0.1) is 0 Å². The summed E-state index contributed by atoms with van der Waals surface area (Å²) in [5.74, 6) is 0.668. The highest BCUT2D eigenvalue weighted by molar-refractivity contribution is 7.99. The molecule has 0 spiro atoms. The zero-order valence-electron chi connectivity index (χ0n) is 12.1. The number of rotatable bonds is 8. The van der Waals surface area contributed by atoms with Crippen molar-refractivity contribution in [3.8, 4) is 0 Å². The zero-order valence-corrected chi connectivity index (χ0v) is 13.0. The van der Waals surface area contributed by atoms with Crippen LogP contribution in [0.3, 0.4) is 0 Å². The number of thioether (sulfide) groups is 1. The lowest BCUT2D eigenvalue weighted by Crippen LogP contribution is -2.55. The molecule has 108 valence electrons. The van der Waals surface area contributed by atoms with Gasteiger partial charge >= 0.3 is 0 Å². The molecular weight excluding hydrogens is 260 g/mol. The minimum absolute atomic E-state index is 0.239. The predicted molar refractivity (Wildman–Crippen MR) is 79.0 cm³/mol. The van der Waals surface area contributed by atoms with Gasteiger partial charge in [-0.3, -0.25) is 9.48 Å². The van der Waals surface area contributed by atoms with E-state index < -0.39 is 5.54 Å². The number of carbonyl (C=O) groups excluding carboxylic acids is 1. The average molecular weight is 284 g/mol. The van der Waals surface area contributed by atoms with Gasteiger partial charge in [0.1, 0.15) is 0 Å². The van der Waals surface area contributed by atoms with Gasteiger partial charge in [0.15, 0.2) is 0 Å². The molecule has 19 heavy (non-hydrogen) atoms. The summed E-state index contributed by atoms with van der Waals surface area (Å²) in [4.78, 5) is 12.7. The fourth-order valence-corrected chi connectivity index (χ4v) is 2.87. The minimum atomic E-state index is -0.621. The van der Waals surface area contributed by atoms with Crippen LogP contribution in [0.25, 0.3) is 0 Å². The van der Waals surface area contributed by atoms with Crippen molar-refractivity contribution in [1.82, 2.24) is 15.1 Å². The van der Waals surface area contributed by atoms with E-state index in [2.05, 4.69) is 10.4 Å². The number of aromatic nitrogens is 2. The first-order chi connectivity index (χ1) is 8.83. The largest absolute Gasteiger partial charge is 0.368 e. The second kappa shape index (κ2) is 6.96. The Morgan fingerprint density at radius 1 is 1.63 bits per heavy atom. The standard InChI is InChI=1S/C13H24N4OS/c1-10(2)16-13(3,12(14)18)6-5-7-19-11-8-15-17(4)9-11/h8-10,16H,5-7H2,1-4H3,(H2,14,18). The molecule has 1 rings (SSSR count). The summed E-state index contributed by atoms with van der Waals surface area (Å²) in [7, 11) is 1.90. The van der Waals surface area contributed by atoms with Crippen molar-refractivity contribution in [3.63, 3.8) is 0 Å². The highest BCUT2D eigenvalue weighted by atomic mass is 32.2. The van der Waals surface area contributed by atoms with Crippen LogP contribution < -0.4 is 11.1 Å². The van der Waals surface area contributed by atoms with Crippen LogP contribution >= 0.6 is 11.8 Å². The number of nitrogens with two attached hydrogens (primary N) is 1. The molecule has 0 aliphatic heterocycles. The van der Waals surface area contributed by atoms with E-state index in [1.807, 2.05) is 40.2 Å². The van der Waals surface area contributed by atoms with Crippen LogP contribution in [-0.4, -0.2) is 33.0 Å². The van der Waals surface area contributed by atoms with Crippen molar-refractivity contribution in [2.75, 3.05) is 5.75 Å². The summed E-state index contributed by atoms with van der Waals surface area (Å²) in [6.45, 7) is 5.92. The smallest absolute Gasteiger partial charge is 0.237 e. The molecular formula is C13H24N4OS. The second-order valence-electron chi connectivity index (χ2n) is 5.30. The third-order valence-corrected chi connectivity index (χ3v) is 3.96. The summed E-state index contributed by atoms with van der Waals surface area (Å²) >= 11 is 1.75. The molecule has 0 bridgehead atoms. The van der Waals surface area contributed by atoms with Gasteiger partial charge in [-0.1, -0.05) is 0 Å². The number of aryl methyl sites for hydroxylation is 1. The van der Waals surface area contributed by atoms with Gasteiger partial charge in [0, 0.05) is 24.2 Å². The number of hydrogen-bond acceptors (Lipinski definition) is 4. The average Bonchev–Trinajstić information content (AvgIpc) is 2.69. The van der Waals surface area contributed by atoms with Crippen LogP contribution in [0.2, 0.25) is 0 Å². The molecule has 1 aromatic heterocycles. The van der Waals surface area contributed by atoms with Crippen molar-refractivity contribution < 1.29 is 4.79 Å². The third-order valence-electron chi connectivity index (χ3n) is 2.92. The van der Waals surface area contributed by atoms with E-state index in [1.165, 1.54) is 0 Å². The molecule has 1 amide bonds. The fraction of sp³-hybridized carbons (Fsp3) is 0.692. The van der Waals surface area contributed by atoms with Crippen LogP contribution in [0.1, 0.15) is 33.6 Å². The summed E-state index contributed by atoms with van der Waals surface area (Å²) < 4.78 is 1.79. The Balaban J connectivity index is 2.38. The maximum Gasteiger partial charge on any atom is 0.237 e. The van der Waals surface area contributed by atoms with Gasteiger partial charge in [-0.15, -0.1) is 11.8 Å². The van der Waals surface area contributed by atoms with Gasteiger partial charge in [0.2, 0.25) is 5.91 Å². The number of hydrogen-bond donors (Lipinski definition) is 2. The Morgan fingerprint density at radius 3 is 2.79 bits per heavy atom. The molecule has 1 heterocycles. The molecule has 1 atom stereocenters. The predicted octanol–water partition coefficient (Wildman–Crippen LogP) is 1.53. The normalized spacial score (nSPS) is 14.6. The van der Waals surface area contributed by atoms with E-state index in [4.69, 9.17) is 5.73 Å². The Labute approximate surface area is 119 Å². The van der Waals surface area contributed by atoms with Crippen molar-refractivity contribution in [3.05, 3.63) is 12.4 Å². The minimum Gasteiger partial charge on any atom is -0.368 e. The van der Waals surface area contributed by atoms with Gasteiger partial charge in [-0.25, -0.2) is 0 Å². The SMILES string of the molecule is CC(C)NC(C)(CCCSc1cnn(C)c1)C(N)=O. The first kappa shape index (κ1) is 16.0. The molecule has 0 radical (unpaired) electrons. The Kier molecular flexibility index (Phi) is 5.87. The molecule has 0 saturated carbocycles. The van der Waals surface area contributed by atoms with Crippen molar-refractivity contribution in [2.24, 2.45) is 12.8 Å². The summed E-state index contributed by atoms with van der Waals surface area (Å²) in [5, 5.41) is 7.38. The number of amides is 1. The first-order valence-corrected chi connectivity index (χ1v) is 7.51. The van der Waals surface area contributed by atoms with Gasteiger partial charge in [0.25, 0.3) is 0 Å². The number of primary amides is 1. The van der Waals surface area contributed by atoms with Gasteiger partial charge in [-0.2, -0.15) is 5.10 Å². The van der Waals surface area contributed by atoms with Crippen LogP contribution in [0.5, 0.6) is 0 Å². The maximum atomic E-state index is 11.6. The van der Waals surface area contributed by atoms with Crippen LogP contribution in [0.15, 0.2) is 17.3 Å². The van der Waals surface area contributed by atoms with Crippen molar-refractivity contribution in [1.29, 1.82) is 0 Å².